The van der Waals surface area contributed by atoms with E-state index in [4.69, 9.17) is 0 Å². The summed E-state index contributed by atoms with van der Waals surface area (Å²) in [5, 5.41) is 9.57. The molecule has 0 bridgehead atoms. The van der Waals surface area contributed by atoms with Crippen LogP contribution in [-0.4, -0.2) is 29.3 Å². The highest BCUT2D eigenvalue weighted by Gasteiger charge is 2.23. The number of piperidine rings is 1. The fourth-order valence-electron chi connectivity index (χ4n) is 2.31. The van der Waals surface area contributed by atoms with E-state index in [2.05, 4.69) is 38.8 Å². The van der Waals surface area contributed by atoms with Crippen molar-refractivity contribution in [1.29, 1.82) is 0 Å². The van der Waals surface area contributed by atoms with Crippen molar-refractivity contribution in [2.45, 2.75) is 32.8 Å². The molecule has 17 heavy (non-hydrogen) atoms. The van der Waals surface area contributed by atoms with Crippen LogP contribution >= 0.6 is 15.9 Å². The van der Waals surface area contributed by atoms with Crippen molar-refractivity contribution in [3.8, 4) is 0 Å². The zero-order valence-electron chi connectivity index (χ0n) is 10.4. The number of rotatable bonds is 2. The Morgan fingerprint density at radius 1 is 1.47 bits per heavy atom. The first-order valence-electron chi connectivity index (χ1n) is 6.13. The van der Waals surface area contributed by atoms with Gasteiger partial charge in [-0.1, -0.05) is 0 Å². The summed E-state index contributed by atoms with van der Waals surface area (Å²) in [6, 6.07) is 2.12. The van der Waals surface area contributed by atoms with Crippen molar-refractivity contribution in [3.05, 3.63) is 22.3 Å². The Kier molecular flexibility index (Phi) is 4.05. The molecule has 1 aromatic rings. The number of nitrogens with zero attached hydrogens (tertiary/aromatic N) is 2. The molecule has 1 unspecified atom stereocenters. The van der Waals surface area contributed by atoms with Gasteiger partial charge in [-0.05, 0) is 60.2 Å². The molecule has 1 aromatic heterocycles. The highest BCUT2D eigenvalue weighted by Crippen LogP contribution is 2.26. The molecule has 0 radical (unpaired) electrons. The Labute approximate surface area is 111 Å². The molecule has 1 saturated heterocycles. The number of aryl methyl sites for hydroxylation is 1. The minimum atomic E-state index is -0.184. The molecule has 0 saturated carbocycles. The van der Waals surface area contributed by atoms with Crippen LogP contribution in [0.15, 0.2) is 16.7 Å². The molecule has 94 valence electrons. The molecular formula is C13H19BrN2O. The second-order valence-electron chi connectivity index (χ2n) is 4.86. The van der Waals surface area contributed by atoms with Gasteiger partial charge in [0.25, 0.3) is 0 Å². The monoisotopic (exact) mass is 298 g/mol. The molecule has 0 spiro atoms. The van der Waals surface area contributed by atoms with Crippen molar-refractivity contribution < 1.29 is 5.11 Å². The van der Waals surface area contributed by atoms with Crippen LogP contribution in [0.4, 0.5) is 5.82 Å². The zero-order valence-corrected chi connectivity index (χ0v) is 11.9. The first kappa shape index (κ1) is 12.8. The number of hydrogen-bond acceptors (Lipinski definition) is 3. The molecule has 0 amide bonds. The molecule has 2 heterocycles. The van der Waals surface area contributed by atoms with Gasteiger partial charge in [-0.2, -0.15) is 0 Å². The van der Waals surface area contributed by atoms with E-state index in [-0.39, 0.29) is 6.10 Å². The molecule has 0 aromatic carbocycles. The molecule has 1 fully saturated rings. The van der Waals surface area contributed by atoms with E-state index in [9.17, 15) is 5.11 Å². The summed E-state index contributed by atoms with van der Waals surface area (Å²) in [4.78, 5) is 6.75. The molecule has 1 atom stereocenters. The smallest absolute Gasteiger partial charge is 0.128 e. The third kappa shape index (κ3) is 2.99. The Morgan fingerprint density at radius 3 is 2.65 bits per heavy atom. The quantitative estimate of drug-likeness (QED) is 0.912. The van der Waals surface area contributed by atoms with Gasteiger partial charge in [-0.3, -0.25) is 0 Å². The topological polar surface area (TPSA) is 36.4 Å². The number of hydrogen-bond donors (Lipinski definition) is 1. The molecule has 3 nitrogen and oxygen atoms in total. The number of aliphatic hydroxyl groups is 1. The maximum Gasteiger partial charge on any atom is 0.128 e. The number of halogens is 1. The van der Waals surface area contributed by atoms with Crippen molar-refractivity contribution in [2.75, 3.05) is 18.0 Å². The van der Waals surface area contributed by atoms with E-state index in [1.54, 1.807) is 0 Å². The van der Waals surface area contributed by atoms with E-state index in [1.807, 2.05) is 13.1 Å². The SMILES string of the molecule is Cc1cc(N2CCC(C(C)O)CC2)ncc1Br. The van der Waals surface area contributed by atoms with Gasteiger partial charge in [0.05, 0.1) is 6.10 Å². The van der Waals surface area contributed by atoms with Gasteiger partial charge in [-0.15, -0.1) is 0 Å². The van der Waals surface area contributed by atoms with Crippen LogP contribution in [0.1, 0.15) is 25.3 Å². The highest BCUT2D eigenvalue weighted by atomic mass is 79.9. The Hall–Kier alpha value is -0.610. The first-order valence-corrected chi connectivity index (χ1v) is 6.92. The number of aliphatic hydroxyl groups excluding tert-OH is 1. The molecule has 4 heteroatoms. The fraction of sp³-hybridized carbons (Fsp3) is 0.615. The first-order chi connectivity index (χ1) is 8.08. The van der Waals surface area contributed by atoms with Gasteiger partial charge in [0.2, 0.25) is 0 Å². The highest BCUT2D eigenvalue weighted by molar-refractivity contribution is 9.10. The van der Waals surface area contributed by atoms with Gasteiger partial charge in [0.15, 0.2) is 0 Å². The minimum Gasteiger partial charge on any atom is -0.393 e. The van der Waals surface area contributed by atoms with Crippen molar-refractivity contribution >= 4 is 21.7 Å². The van der Waals surface area contributed by atoms with E-state index in [1.165, 1.54) is 5.56 Å². The second-order valence-corrected chi connectivity index (χ2v) is 5.71. The maximum atomic E-state index is 9.57. The summed E-state index contributed by atoms with van der Waals surface area (Å²) in [5.74, 6) is 1.50. The van der Waals surface area contributed by atoms with Crippen molar-refractivity contribution in [3.63, 3.8) is 0 Å². The Bertz CT molecular complexity index is 387. The van der Waals surface area contributed by atoms with Crippen LogP contribution in [0.2, 0.25) is 0 Å². The van der Waals surface area contributed by atoms with Crippen LogP contribution in [-0.2, 0) is 0 Å². The van der Waals surface area contributed by atoms with Crippen molar-refractivity contribution in [2.24, 2.45) is 5.92 Å². The fourth-order valence-corrected chi connectivity index (χ4v) is 2.53. The predicted molar refractivity (Wildman–Crippen MR) is 73.3 cm³/mol. The lowest BCUT2D eigenvalue weighted by atomic mass is 9.92. The number of aromatic nitrogens is 1. The lowest BCUT2D eigenvalue weighted by Crippen LogP contribution is -2.37. The third-order valence-corrected chi connectivity index (χ3v) is 4.41. The molecule has 1 N–H and O–H groups in total. The van der Waals surface area contributed by atoms with Crippen LogP contribution in [0.5, 0.6) is 0 Å². The van der Waals surface area contributed by atoms with E-state index >= 15 is 0 Å². The van der Waals surface area contributed by atoms with Crippen LogP contribution in [0.3, 0.4) is 0 Å². The summed E-state index contributed by atoms with van der Waals surface area (Å²) in [5.41, 5.74) is 1.22. The van der Waals surface area contributed by atoms with Crippen LogP contribution in [0.25, 0.3) is 0 Å². The van der Waals surface area contributed by atoms with Gasteiger partial charge in [0.1, 0.15) is 5.82 Å². The largest absolute Gasteiger partial charge is 0.393 e. The maximum absolute atomic E-state index is 9.57. The van der Waals surface area contributed by atoms with Gasteiger partial charge in [0, 0.05) is 23.8 Å². The van der Waals surface area contributed by atoms with E-state index in [0.29, 0.717) is 5.92 Å². The normalized spacial score (nSPS) is 19.4. The lowest BCUT2D eigenvalue weighted by Gasteiger charge is -2.34. The number of anilines is 1. The van der Waals surface area contributed by atoms with Crippen molar-refractivity contribution in [1.82, 2.24) is 4.98 Å². The average molecular weight is 299 g/mol. The Balaban J connectivity index is 2.03. The second kappa shape index (κ2) is 5.36. The van der Waals surface area contributed by atoms with Crippen LogP contribution < -0.4 is 4.90 Å². The van der Waals surface area contributed by atoms with Gasteiger partial charge >= 0.3 is 0 Å². The molecule has 0 aliphatic carbocycles. The third-order valence-electron chi connectivity index (χ3n) is 3.58. The average Bonchev–Trinajstić information content (AvgIpc) is 2.33. The summed E-state index contributed by atoms with van der Waals surface area (Å²) < 4.78 is 1.06. The summed E-state index contributed by atoms with van der Waals surface area (Å²) in [6.45, 7) is 5.95. The zero-order chi connectivity index (χ0) is 12.4. The Morgan fingerprint density at radius 2 is 2.12 bits per heavy atom. The summed E-state index contributed by atoms with van der Waals surface area (Å²) in [6.07, 6.45) is 3.78. The van der Waals surface area contributed by atoms with Gasteiger partial charge in [-0.25, -0.2) is 4.98 Å². The van der Waals surface area contributed by atoms with E-state index < -0.39 is 0 Å². The molecule has 2 rings (SSSR count). The van der Waals surface area contributed by atoms with E-state index in [0.717, 1.165) is 36.2 Å². The molecule has 1 aliphatic heterocycles. The molecular weight excluding hydrogens is 280 g/mol. The number of pyridine rings is 1. The minimum absolute atomic E-state index is 0.184. The summed E-state index contributed by atoms with van der Waals surface area (Å²) >= 11 is 3.47. The summed E-state index contributed by atoms with van der Waals surface area (Å²) in [7, 11) is 0. The van der Waals surface area contributed by atoms with Crippen LogP contribution in [0, 0.1) is 12.8 Å². The molecule has 1 aliphatic rings. The predicted octanol–water partition coefficient (Wildman–Crippen LogP) is 2.75. The standard InChI is InChI=1S/C13H19BrN2O/c1-9-7-13(15-8-12(9)14)16-5-3-11(4-6-16)10(2)17/h7-8,10-11,17H,3-6H2,1-2H3. The lowest BCUT2D eigenvalue weighted by molar-refractivity contribution is 0.110. The van der Waals surface area contributed by atoms with Gasteiger partial charge < -0.3 is 10.0 Å².